The van der Waals surface area contributed by atoms with Gasteiger partial charge in [0, 0.05) is 11.5 Å². The average molecular weight is 418 g/mol. The normalized spacial score (nSPS) is 10.6. The van der Waals surface area contributed by atoms with E-state index in [1.165, 1.54) is 12.1 Å². The Hall–Kier alpha value is -4.26. The molecule has 0 aliphatic heterocycles. The highest BCUT2D eigenvalue weighted by Crippen LogP contribution is 2.24. The number of hydrogen-bond donors (Lipinski definition) is 1. The zero-order chi connectivity index (χ0) is 21.6. The van der Waals surface area contributed by atoms with Crippen LogP contribution >= 0.6 is 0 Å². The van der Waals surface area contributed by atoms with Crippen LogP contribution in [0.1, 0.15) is 10.4 Å². The molecule has 0 saturated carbocycles. The SMILES string of the molecule is O=C(O)c1cc2ccc(OCCOc3ccc(Oc4ccccc4)cc3)cc2oc1=O. The van der Waals surface area contributed by atoms with E-state index in [-0.39, 0.29) is 12.2 Å². The Labute approximate surface area is 177 Å². The lowest BCUT2D eigenvalue weighted by Gasteiger charge is -2.10. The van der Waals surface area contributed by atoms with E-state index in [1.807, 2.05) is 54.6 Å². The summed E-state index contributed by atoms with van der Waals surface area (Å²) in [5.74, 6) is 1.30. The maximum Gasteiger partial charge on any atom is 0.351 e. The summed E-state index contributed by atoms with van der Waals surface area (Å²) in [6, 6.07) is 22.9. The molecule has 0 saturated heterocycles. The van der Waals surface area contributed by atoms with E-state index in [0.29, 0.717) is 29.2 Å². The van der Waals surface area contributed by atoms with Crippen LogP contribution in [0.3, 0.4) is 0 Å². The molecule has 0 unspecified atom stereocenters. The van der Waals surface area contributed by atoms with Gasteiger partial charge in [-0.05, 0) is 54.6 Å². The number of ether oxygens (including phenoxy) is 3. The summed E-state index contributed by atoms with van der Waals surface area (Å²) in [6.45, 7) is 0.573. The summed E-state index contributed by atoms with van der Waals surface area (Å²) < 4.78 is 22.1. The summed E-state index contributed by atoms with van der Waals surface area (Å²) in [6.07, 6.45) is 0. The maximum atomic E-state index is 11.7. The highest BCUT2D eigenvalue weighted by molar-refractivity contribution is 5.91. The first-order valence-corrected chi connectivity index (χ1v) is 9.48. The molecule has 0 fully saturated rings. The minimum atomic E-state index is -1.33. The summed E-state index contributed by atoms with van der Waals surface area (Å²) in [5.41, 5.74) is -1.06. The van der Waals surface area contributed by atoms with E-state index < -0.39 is 17.2 Å². The van der Waals surface area contributed by atoms with Gasteiger partial charge in [0.15, 0.2) is 0 Å². The summed E-state index contributed by atoms with van der Waals surface area (Å²) in [4.78, 5) is 22.7. The average Bonchev–Trinajstić information content (AvgIpc) is 2.78. The van der Waals surface area contributed by atoms with Gasteiger partial charge in [0.2, 0.25) is 0 Å². The Morgan fingerprint density at radius 3 is 2.10 bits per heavy atom. The van der Waals surface area contributed by atoms with E-state index in [4.69, 9.17) is 23.7 Å². The first kappa shape index (κ1) is 20.0. The van der Waals surface area contributed by atoms with Gasteiger partial charge in [-0.1, -0.05) is 18.2 Å². The Bertz CT molecular complexity index is 1240. The van der Waals surface area contributed by atoms with Gasteiger partial charge in [0.1, 0.15) is 47.4 Å². The fourth-order valence-electron chi connectivity index (χ4n) is 2.88. The van der Waals surface area contributed by atoms with Gasteiger partial charge in [0.25, 0.3) is 0 Å². The van der Waals surface area contributed by atoms with Crippen molar-refractivity contribution in [3.05, 3.63) is 94.8 Å². The van der Waals surface area contributed by atoms with Gasteiger partial charge < -0.3 is 23.7 Å². The van der Waals surface area contributed by atoms with Gasteiger partial charge >= 0.3 is 11.6 Å². The first-order chi connectivity index (χ1) is 15.1. The smallest absolute Gasteiger partial charge is 0.351 e. The lowest BCUT2D eigenvalue weighted by atomic mass is 10.2. The third-order valence-corrected chi connectivity index (χ3v) is 4.36. The zero-order valence-corrected chi connectivity index (χ0v) is 16.3. The molecule has 31 heavy (non-hydrogen) atoms. The quantitative estimate of drug-likeness (QED) is 0.326. The monoisotopic (exact) mass is 418 g/mol. The molecule has 0 aliphatic rings. The van der Waals surface area contributed by atoms with Crippen molar-refractivity contribution in [2.75, 3.05) is 13.2 Å². The Morgan fingerprint density at radius 1 is 0.774 bits per heavy atom. The summed E-state index contributed by atoms with van der Waals surface area (Å²) in [7, 11) is 0. The van der Waals surface area contributed by atoms with Crippen molar-refractivity contribution in [3.63, 3.8) is 0 Å². The number of hydrogen-bond acceptors (Lipinski definition) is 6. The molecule has 0 bridgehead atoms. The van der Waals surface area contributed by atoms with Gasteiger partial charge in [-0.3, -0.25) is 0 Å². The van der Waals surface area contributed by atoms with Crippen molar-refractivity contribution in [1.29, 1.82) is 0 Å². The minimum Gasteiger partial charge on any atom is -0.490 e. The molecule has 1 aromatic heterocycles. The van der Waals surface area contributed by atoms with Crippen molar-refractivity contribution < 1.29 is 28.5 Å². The topological polar surface area (TPSA) is 95.2 Å². The molecule has 1 heterocycles. The van der Waals surface area contributed by atoms with Crippen LogP contribution in [0.5, 0.6) is 23.0 Å². The van der Waals surface area contributed by atoms with Crippen LogP contribution < -0.4 is 19.8 Å². The molecule has 4 rings (SSSR count). The van der Waals surface area contributed by atoms with Crippen LogP contribution in [0, 0.1) is 0 Å². The molecule has 0 amide bonds. The van der Waals surface area contributed by atoms with Crippen LogP contribution in [0.15, 0.2) is 88.1 Å². The Morgan fingerprint density at radius 2 is 1.39 bits per heavy atom. The second-order valence-corrected chi connectivity index (χ2v) is 6.54. The maximum absolute atomic E-state index is 11.7. The second kappa shape index (κ2) is 9.04. The highest BCUT2D eigenvalue weighted by atomic mass is 16.5. The van der Waals surface area contributed by atoms with E-state index in [9.17, 15) is 9.59 Å². The number of para-hydroxylation sites is 1. The molecule has 0 spiro atoms. The predicted molar refractivity (Wildman–Crippen MR) is 113 cm³/mol. The van der Waals surface area contributed by atoms with E-state index in [2.05, 4.69) is 0 Å². The van der Waals surface area contributed by atoms with Gasteiger partial charge in [0.05, 0.1) is 0 Å². The number of carbonyl (C=O) groups is 1. The lowest BCUT2D eigenvalue weighted by Crippen LogP contribution is -2.13. The number of carboxylic acids is 1. The Balaban J connectivity index is 1.30. The zero-order valence-electron chi connectivity index (χ0n) is 16.3. The third-order valence-electron chi connectivity index (χ3n) is 4.36. The van der Waals surface area contributed by atoms with Gasteiger partial charge in [-0.2, -0.15) is 0 Å². The van der Waals surface area contributed by atoms with E-state index in [0.717, 1.165) is 5.75 Å². The second-order valence-electron chi connectivity index (χ2n) is 6.54. The van der Waals surface area contributed by atoms with Crippen LogP contribution in [0.25, 0.3) is 11.0 Å². The molecule has 7 heteroatoms. The van der Waals surface area contributed by atoms with Crippen molar-refractivity contribution >= 4 is 16.9 Å². The molecular weight excluding hydrogens is 400 g/mol. The molecule has 3 aromatic carbocycles. The standard InChI is InChI=1S/C24H18O7/c25-23(26)21-14-16-6-7-20(15-22(16)31-24(21)27)29-13-12-28-17-8-10-19(11-9-17)30-18-4-2-1-3-5-18/h1-11,14-15H,12-13H2,(H,25,26). The first-order valence-electron chi connectivity index (χ1n) is 9.48. The molecular formula is C24H18O7. The summed E-state index contributed by atoms with van der Waals surface area (Å²) in [5, 5.41) is 9.49. The largest absolute Gasteiger partial charge is 0.490 e. The number of fused-ring (bicyclic) bond motifs is 1. The molecule has 1 N–H and O–H groups in total. The fourth-order valence-corrected chi connectivity index (χ4v) is 2.88. The van der Waals surface area contributed by atoms with Gasteiger partial charge in [-0.25, -0.2) is 9.59 Å². The van der Waals surface area contributed by atoms with Crippen molar-refractivity contribution in [1.82, 2.24) is 0 Å². The van der Waals surface area contributed by atoms with E-state index >= 15 is 0 Å². The fraction of sp³-hybridized carbons (Fsp3) is 0.0833. The van der Waals surface area contributed by atoms with Crippen LogP contribution in [-0.4, -0.2) is 24.3 Å². The van der Waals surface area contributed by atoms with E-state index in [1.54, 1.807) is 12.1 Å². The molecule has 0 atom stereocenters. The lowest BCUT2D eigenvalue weighted by molar-refractivity contribution is 0.0692. The molecule has 4 aromatic rings. The molecule has 0 radical (unpaired) electrons. The van der Waals surface area contributed by atoms with Gasteiger partial charge in [-0.15, -0.1) is 0 Å². The highest BCUT2D eigenvalue weighted by Gasteiger charge is 2.12. The molecule has 156 valence electrons. The van der Waals surface area contributed by atoms with Crippen molar-refractivity contribution in [3.8, 4) is 23.0 Å². The summed E-state index contributed by atoms with van der Waals surface area (Å²) >= 11 is 0. The van der Waals surface area contributed by atoms with Crippen LogP contribution in [0.2, 0.25) is 0 Å². The number of carboxylic acid groups (broad SMARTS) is 1. The number of benzene rings is 3. The van der Waals surface area contributed by atoms with Crippen LogP contribution in [-0.2, 0) is 0 Å². The third kappa shape index (κ3) is 5.02. The Kier molecular flexibility index (Phi) is 5.84. The number of rotatable bonds is 8. The molecule has 0 aliphatic carbocycles. The number of aromatic carboxylic acids is 1. The van der Waals surface area contributed by atoms with Crippen LogP contribution in [0.4, 0.5) is 0 Å². The molecule has 7 nitrogen and oxygen atoms in total. The minimum absolute atomic E-state index is 0.252. The van der Waals surface area contributed by atoms with Crippen molar-refractivity contribution in [2.45, 2.75) is 0 Å². The van der Waals surface area contributed by atoms with Crippen molar-refractivity contribution in [2.24, 2.45) is 0 Å². The predicted octanol–water partition coefficient (Wildman–Crippen LogP) is 4.74.